The first-order chi connectivity index (χ1) is 12.2. The third-order valence-corrected chi connectivity index (χ3v) is 4.48. The number of hydrogen-bond donors (Lipinski definition) is 3. The fourth-order valence-corrected chi connectivity index (χ4v) is 3.11. The second-order valence-corrected chi connectivity index (χ2v) is 6.46. The number of nitrogen functional groups attached to an aromatic ring is 1. The Morgan fingerprint density at radius 1 is 1.12 bits per heavy atom. The molecule has 1 atom stereocenters. The molecule has 0 spiro atoms. The van der Waals surface area contributed by atoms with Gasteiger partial charge in [0.15, 0.2) is 0 Å². The summed E-state index contributed by atoms with van der Waals surface area (Å²) >= 11 is 0. The van der Waals surface area contributed by atoms with Gasteiger partial charge in [0, 0.05) is 11.4 Å². The van der Waals surface area contributed by atoms with Crippen LogP contribution >= 0.6 is 0 Å². The Balaban J connectivity index is 1.87. The Morgan fingerprint density at radius 3 is 2.64 bits per heavy atom. The monoisotopic (exact) mass is 335 g/mol. The van der Waals surface area contributed by atoms with Crippen molar-refractivity contribution in [2.75, 3.05) is 11.1 Å². The Bertz CT molecular complexity index is 830. The Hall–Kier alpha value is -2.75. The summed E-state index contributed by atoms with van der Waals surface area (Å²) in [5.74, 6) is 0.297. The first-order valence-electron chi connectivity index (χ1n) is 8.85. The van der Waals surface area contributed by atoms with Crippen molar-refractivity contribution in [1.29, 1.82) is 0 Å². The normalized spacial score (nSPS) is 12.2. The minimum Gasteiger partial charge on any atom is -0.508 e. The van der Waals surface area contributed by atoms with E-state index in [0.717, 1.165) is 42.3 Å². The number of fused-ring (bicyclic) bond motifs is 1. The number of unbranched alkanes of at least 4 members (excludes halogenated alkanes) is 1. The number of nitrogens with zero attached hydrogens (tertiary/aromatic N) is 1. The van der Waals surface area contributed by atoms with E-state index in [-0.39, 0.29) is 6.04 Å². The van der Waals surface area contributed by atoms with Crippen molar-refractivity contribution in [3.05, 3.63) is 60.3 Å². The van der Waals surface area contributed by atoms with E-state index in [2.05, 4.69) is 23.3 Å². The van der Waals surface area contributed by atoms with Crippen LogP contribution in [0.15, 0.2) is 54.7 Å². The molecule has 4 N–H and O–H groups in total. The maximum Gasteiger partial charge on any atom is 0.115 e. The van der Waals surface area contributed by atoms with Crippen LogP contribution in [-0.4, -0.2) is 16.1 Å². The number of para-hydroxylation sites is 1. The van der Waals surface area contributed by atoms with Crippen LogP contribution in [0.4, 0.5) is 11.4 Å². The molecule has 0 fully saturated rings. The van der Waals surface area contributed by atoms with Gasteiger partial charge in [0.05, 0.1) is 23.1 Å². The summed E-state index contributed by atoms with van der Waals surface area (Å²) in [5, 5.41) is 14.2. The molecule has 4 heteroatoms. The highest BCUT2D eigenvalue weighted by Gasteiger charge is 2.14. The number of benzene rings is 2. The van der Waals surface area contributed by atoms with Crippen LogP contribution in [0.25, 0.3) is 10.9 Å². The molecule has 4 nitrogen and oxygen atoms in total. The molecule has 0 saturated heterocycles. The summed E-state index contributed by atoms with van der Waals surface area (Å²) in [6, 6.07) is 15.8. The lowest BCUT2D eigenvalue weighted by Crippen LogP contribution is -2.23. The zero-order valence-corrected chi connectivity index (χ0v) is 14.6. The van der Waals surface area contributed by atoms with Crippen LogP contribution in [-0.2, 0) is 6.42 Å². The molecule has 3 rings (SSSR count). The quantitative estimate of drug-likeness (QED) is 0.583. The molecule has 0 saturated carbocycles. The average molecular weight is 335 g/mol. The molecule has 1 aromatic heterocycles. The van der Waals surface area contributed by atoms with Crippen molar-refractivity contribution in [1.82, 2.24) is 4.98 Å². The summed E-state index contributed by atoms with van der Waals surface area (Å²) < 4.78 is 0. The smallest absolute Gasteiger partial charge is 0.115 e. The maximum absolute atomic E-state index is 9.48. The number of aromatic hydroxyl groups is 1. The molecule has 0 radical (unpaired) electrons. The van der Waals surface area contributed by atoms with Gasteiger partial charge in [-0.2, -0.15) is 0 Å². The van der Waals surface area contributed by atoms with Gasteiger partial charge in [-0.15, -0.1) is 0 Å². The molecule has 130 valence electrons. The summed E-state index contributed by atoms with van der Waals surface area (Å²) in [6.45, 7) is 2.20. The first-order valence-corrected chi connectivity index (χ1v) is 8.85. The summed E-state index contributed by atoms with van der Waals surface area (Å²) in [7, 11) is 0. The highest BCUT2D eigenvalue weighted by atomic mass is 16.3. The van der Waals surface area contributed by atoms with E-state index in [0.29, 0.717) is 11.4 Å². The van der Waals surface area contributed by atoms with Crippen molar-refractivity contribution in [3.8, 4) is 5.75 Å². The molecule has 1 heterocycles. The molecule has 2 aromatic carbocycles. The van der Waals surface area contributed by atoms with Crippen molar-refractivity contribution in [2.45, 2.75) is 38.6 Å². The van der Waals surface area contributed by atoms with Crippen LogP contribution in [0.2, 0.25) is 0 Å². The summed E-state index contributed by atoms with van der Waals surface area (Å²) in [4.78, 5) is 4.41. The van der Waals surface area contributed by atoms with Gasteiger partial charge in [-0.25, -0.2) is 0 Å². The number of phenols is 1. The van der Waals surface area contributed by atoms with Crippen molar-refractivity contribution >= 4 is 22.3 Å². The molecule has 25 heavy (non-hydrogen) atoms. The number of phenolic OH excluding ortho intramolecular Hbond substituents is 1. The van der Waals surface area contributed by atoms with E-state index >= 15 is 0 Å². The van der Waals surface area contributed by atoms with Crippen molar-refractivity contribution in [2.24, 2.45) is 0 Å². The van der Waals surface area contributed by atoms with E-state index in [1.807, 2.05) is 30.3 Å². The summed E-state index contributed by atoms with van der Waals surface area (Å²) in [6.07, 6.45) is 5.98. The number of nitrogens with one attached hydrogen (secondary N) is 1. The Morgan fingerprint density at radius 2 is 1.88 bits per heavy atom. The molecule has 3 aromatic rings. The fourth-order valence-electron chi connectivity index (χ4n) is 3.11. The van der Waals surface area contributed by atoms with Gasteiger partial charge in [0.2, 0.25) is 0 Å². The van der Waals surface area contributed by atoms with Gasteiger partial charge in [-0.05, 0) is 36.6 Å². The molecular weight excluding hydrogens is 310 g/mol. The van der Waals surface area contributed by atoms with Crippen LogP contribution in [0.5, 0.6) is 5.75 Å². The topological polar surface area (TPSA) is 71.2 Å². The number of anilines is 2. The third kappa shape index (κ3) is 4.21. The second kappa shape index (κ2) is 7.88. The standard InChI is InChI=1S/C21H25N3O/c1-2-3-6-16(13-15-9-11-17(25)12-10-15)24-21-18-7-4-5-8-20(18)23-14-19(21)22/h4-5,7-12,14,16,25H,2-3,6,13,22H2,1H3,(H,23,24)/t16-/m1/s1. The molecule has 0 aliphatic carbocycles. The lowest BCUT2D eigenvalue weighted by molar-refractivity contribution is 0.475. The van der Waals surface area contributed by atoms with E-state index in [1.54, 1.807) is 18.3 Å². The van der Waals surface area contributed by atoms with Crippen LogP contribution in [0, 0.1) is 0 Å². The van der Waals surface area contributed by atoms with E-state index in [1.165, 1.54) is 5.56 Å². The van der Waals surface area contributed by atoms with Gasteiger partial charge >= 0.3 is 0 Å². The maximum atomic E-state index is 9.48. The molecular formula is C21H25N3O. The Labute approximate surface area is 148 Å². The first kappa shape index (κ1) is 17.1. The number of hydrogen-bond acceptors (Lipinski definition) is 4. The summed E-state index contributed by atoms with van der Waals surface area (Å²) in [5.41, 5.74) is 9.99. The number of rotatable bonds is 7. The lowest BCUT2D eigenvalue weighted by atomic mass is 10.00. The van der Waals surface area contributed by atoms with E-state index in [9.17, 15) is 5.11 Å². The van der Waals surface area contributed by atoms with E-state index in [4.69, 9.17) is 5.73 Å². The van der Waals surface area contributed by atoms with E-state index < -0.39 is 0 Å². The fraction of sp³-hybridized carbons (Fsp3) is 0.286. The largest absolute Gasteiger partial charge is 0.508 e. The van der Waals surface area contributed by atoms with Crippen LogP contribution < -0.4 is 11.1 Å². The third-order valence-electron chi connectivity index (χ3n) is 4.48. The number of pyridine rings is 1. The van der Waals surface area contributed by atoms with Crippen molar-refractivity contribution in [3.63, 3.8) is 0 Å². The van der Waals surface area contributed by atoms with Crippen LogP contribution in [0.3, 0.4) is 0 Å². The second-order valence-electron chi connectivity index (χ2n) is 6.46. The molecule has 0 aliphatic rings. The minimum atomic E-state index is 0.276. The van der Waals surface area contributed by atoms with Crippen molar-refractivity contribution < 1.29 is 5.11 Å². The highest BCUT2D eigenvalue weighted by molar-refractivity contribution is 5.96. The zero-order valence-electron chi connectivity index (χ0n) is 14.6. The number of aromatic nitrogens is 1. The molecule has 0 bridgehead atoms. The molecule has 0 amide bonds. The predicted octanol–water partition coefficient (Wildman–Crippen LogP) is 4.74. The predicted molar refractivity (Wildman–Crippen MR) is 105 cm³/mol. The lowest BCUT2D eigenvalue weighted by Gasteiger charge is -2.22. The molecule has 0 aliphatic heterocycles. The number of nitrogens with two attached hydrogens (primary N) is 1. The van der Waals surface area contributed by atoms with Crippen LogP contribution in [0.1, 0.15) is 31.7 Å². The van der Waals surface area contributed by atoms with Gasteiger partial charge in [-0.1, -0.05) is 50.1 Å². The SMILES string of the molecule is CCCC[C@H](Cc1ccc(O)cc1)Nc1c(N)cnc2ccccc12. The zero-order chi connectivity index (χ0) is 17.6. The van der Waals surface area contributed by atoms with Gasteiger partial charge in [-0.3, -0.25) is 4.98 Å². The minimum absolute atomic E-state index is 0.276. The van der Waals surface area contributed by atoms with Gasteiger partial charge < -0.3 is 16.2 Å². The average Bonchev–Trinajstić information content (AvgIpc) is 2.63. The van der Waals surface area contributed by atoms with Gasteiger partial charge in [0.25, 0.3) is 0 Å². The Kier molecular flexibility index (Phi) is 5.39. The van der Waals surface area contributed by atoms with Gasteiger partial charge in [0.1, 0.15) is 5.75 Å². The highest BCUT2D eigenvalue weighted by Crippen LogP contribution is 2.29. The molecule has 0 unspecified atom stereocenters.